The highest BCUT2D eigenvalue weighted by Crippen LogP contribution is 2.34. The van der Waals surface area contributed by atoms with Crippen LogP contribution in [0.15, 0.2) is 27.6 Å². The molecule has 1 heterocycles. The summed E-state index contributed by atoms with van der Waals surface area (Å²) in [6.07, 6.45) is 3.77. The summed E-state index contributed by atoms with van der Waals surface area (Å²) < 4.78 is 41.6. The van der Waals surface area contributed by atoms with Crippen LogP contribution < -0.4 is 5.32 Å². The highest BCUT2D eigenvalue weighted by atomic mass is 79.9. The first-order chi connectivity index (χ1) is 9.98. The van der Waals surface area contributed by atoms with Crippen molar-refractivity contribution in [3.8, 4) is 0 Å². The predicted octanol–water partition coefficient (Wildman–Crippen LogP) is 2.49. The normalized spacial score (nSPS) is 22.9. The first kappa shape index (κ1) is 15.4. The number of hydrogen-bond donors (Lipinski definition) is 1. The lowest BCUT2D eigenvalue weighted by Gasteiger charge is -2.25. The Morgan fingerprint density at radius 3 is 2.67 bits per heavy atom. The molecule has 7 heteroatoms. The topological polar surface area (TPSA) is 49.4 Å². The van der Waals surface area contributed by atoms with Crippen LogP contribution in [0.2, 0.25) is 0 Å². The number of sulfonamides is 1. The fourth-order valence-corrected chi connectivity index (χ4v) is 4.86. The Morgan fingerprint density at radius 2 is 2.10 bits per heavy atom. The van der Waals surface area contributed by atoms with Crippen LogP contribution in [0.4, 0.5) is 4.39 Å². The van der Waals surface area contributed by atoms with Gasteiger partial charge in [-0.25, -0.2) is 12.8 Å². The monoisotopic (exact) mass is 376 g/mol. The van der Waals surface area contributed by atoms with Crippen LogP contribution in [0.1, 0.15) is 25.7 Å². The van der Waals surface area contributed by atoms with Crippen molar-refractivity contribution in [1.82, 2.24) is 9.62 Å². The third-order valence-electron chi connectivity index (χ3n) is 4.00. The second-order valence-corrected chi connectivity index (χ2v) is 8.45. The van der Waals surface area contributed by atoms with E-state index in [9.17, 15) is 12.8 Å². The zero-order chi connectivity index (χ0) is 15.0. The van der Waals surface area contributed by atoms with Gasteiger partial charge >= 0.3 is 0 Å². The second-order valence-electron chi connectivity index (χ2n) is 5.67. The van der Waals surface area contributed by atoms with Gasteiger partial charge in [0.2, 0.25) is 10.0 Å². The third-order valence-corrected chi connectivity index (χ3v) is 6.44. The summed E-state index contributed by atoms with van der Waals surface area (Å²) in [7, 11) is -3.78. The lowest BCUT2D eigenvalue weighted by molar-refractivity contribution is 0.361. The van der Waals surface area contributed by atoms with E-state index in [0.717, 1.165) is 32.2 Å². The zero-order valence-electron chi connectivity index (χ0n) is 11.6. The van der Waals surface area contributed by atoms with Crippen molar-refractivity contribution in [1.29, 1.82) is 0 Å². The molecule has 1 saturated heterocycles. The summed E-state index contributed by atoms with van der Waals surface area (Å²) in [4.78, 5) is -0.226. The predicted molar refractivity (Wildman–Crippen MR) is 82.0 cm³/mol. The molecule has 4 nitrogen and oxygen atoms in total. The summed E-state index contributed by atoms with van der Waals surface area (Å²) >= 11 is 3.15. The van der Waals surface area contributed by atoms with Gasteiger partial charge in [0.25, 0.3) is 0 Å². The SMILES string of the molecule is O=S(=O)(c1ccc(Br)cc1F)N(CC1CCCN1)C1CC1. The Hall–Kier alpha value is -0.500. The third kappa shape index (κ3) is 3.31. The number of nitrogens with one attached hydrogen (secondary N) is 1. The van der Waals surface area contributed by atoms with E-state index in [1.807, 2.05) is 0 Å². The van der Waals surface area contributed by atoms with E-state index in [-0.39, 0.29) is 17.0 Å². The van der Waals surface area contributed by atoms with Gasteiger partial charge in [0.15, 0.2) is 0 Å². The molecule has 1 aliphatic heterocycles. The molecular formula is C14H18BrFN2O2S. The average Bonchev–Trinajstić information content (AvgIpc) is 3.11. The smallest absolute Gasteiger partial charge is 0.246 e. The number of nitrogens with zero attached hydrogens (tertiary/aromatic N) is 1. The fourth-order valence-electron chi connectivity index (χ4n) is 2.75. The Bertz CT molecular complexity index is 628. The molecule has 116 valence electrons. The van der Waals surface area contributed by atoms with E-state index >= 15 is 0 Å². The molecule has 21 heavy (non-hydrogen) atoms. The van der Waals surface area contributed by atoms with Crippen molar-refractivity contribution >= 4 is 26.0 Å². The van der Waals surface area contributed by atoms with Gasteiger partial charge in [-0.3, -0.25) is 0 Å². The molecule has 3 rings (SSSR count). The number of halogens is 2. The molecule has 0 amide bonds. The van der Waals surface area contributed by atoms with Crippen LogP contribution >= 0.6 is 15.9 Å². The van der Waals surface area contributed by atoms with Gasteiger partial charge in [0.1, 0.15) is 10.7 Å². The highest BCUT2D eigenvalue weighted by Gasteiger charge is 2.40. The van der Waals surface area contributed by atoms with E-state index in [1.165, 1.54) is 16.4 Å². The van der Waals surface area contributed by atoms with Crippen LogP contribution in [0.5, 0.6) is 0 Å². The molecule has 2 fully saturated rings. The molecule has 1 unspecified atom stereocenters. The van der Waals surface area contributed by atoms with Crippen LogP contribution in [0.3, 0.4) is 0 Å². The molecule has 1 aliphatic carbocycles. The van der Waals surface area contributed by atoms with E-state index < -0.39 is 15.8 Å². The van der Waals surface area contributed by atoms with Crippen LogP contribution in [0.25, 0.3) is 0 Å². The first-order valence-electron chi connectivity index (χ1n) is 7.19. The van der Waals surface area contributed by atoms with E-state index in [1.54, 1.807) is 6.07 Å². The molecule has 1 N–H and O–H groups in total. The van der Waals surface area contributed by atoms with Crippen molar-refractivity contribution in [3.05, 3.63) is 28.5 Å². The van der Waals surface area contributed by atoms with E-state index in [2.05, 4.69) is 21.2 Å². The maximum absolute atomic E-state index is 14.1. The van der Waals surface area contributed by atoms with Gasteiger partial charge in [-0.1, -0.05) is 15.9 Å². The molecule has 0 spiro atoms. The van der Waals surface area contributed by atoms with Crippen molar-refractivity contribution in [3.63, 3.8) is 0 Å². The highest BCUT2D eigenvalue weighted by molar-refractivity contribution is 9.10. The van der Waals surface area contributed by atoms with Crippen LogP contribution in [0, 0.1) is 5.82 Å². The molecule has 0 radical (unpaired) electrons. The quantitative estimate of drug-likeness (QED) is 0.858. The number of benzene rings is 1. The van der Waals surface area contributed by atoms with Gasteiger partial charge in [-0.2, -0.15) is 4.31 Å². The maximum Gasteiger partial charge on any atom is 0.246 e. The Balaban J connectivity index is 1.89. The second kappa shape index (κ2) is 5.95. The summed E-state index contributed by atoms with van der Waals surface area (Å²) in [5, 5.41) is 3.31. The van der Waals surface area contributed by atoms with E-state index in [0.29, 0.717) is 11.0 Å². The van der Waals surface area contributed by atoms with Gasteiger partial charge in [0.05, 0.1) is 0 Å². The largest absolute Gasteiger partial charge is 0.313 e. The van der Waals surface area contributed by atoms with Gasteiger partial charge in [-0.05, 0) is 50.4 Å². The summed E-state index contributed by atoms with van der Waals surface area (Å²) in [5.74, 6) is -0.700. The molecule has 1 atom stereocenters. The van der Waals surface area contributed by atoms with Gasteiger partial charge in [0, 0.05) is 23.1 Å². The minimum Gasteiger partial charge on any atom is -0.313 e. The Morgan fingerprint density at radius 1 is 1.33 bits per heavy atom. The summed E-state index contributed by atoms with van der Waals surface area (Å²) in [6.45, 7) is 1.36. The van der Waals surface area contributed by atoms with Crippen molar-refractivity contribution in [2.45, 2.75) is 42.7 Å². The lowest BCUT2D eigenvalue weighted by Crippen LogP contribution is -2.42. The minimum absolute atomic E-state index is 0.0282. The van der Waals surface area contributed by atoms with Crippen molar-refractivity contribution in [2.75, 3.05) is 13.1 Å². The van der Waals surface area contributed by atoms with E-state index in [4.69, 9.17) is 0 Å². The molecule has 1 saturated carbocycles. The number of rotatable bonds is 5. The van der Waals surface area contributed by atoms with Gasteiger partial charge in [-0.15, -0.1) is 0 Å². The first-order valence-corrected chi connectivity index (χ1v) is 9.42. The van der Waals surface area contributed by atoms with Crippen LogP contribution in [-0.2, 0) is 10.0 Å². The maximum atomic E-state index is 14.1. The molecule has 1 aromatic carbocycles. The Kier molecular flexibility index (Phi) is 4.36. The number of hydrogen-bond acceptors (Lipinski definition) is 3. The molecular weight excluding hydrogens is 359 g/mol. The van der Waals surface area contributed by atoms with Crippen LogP contribution in [-0.4, -0.2) is 37.9 Å². The standard InChI is InChI=1S/C14H18BrFN2O2S/c15-10-3-6-14(13(16)8-10)21(19,20)18(12-4-5-12)9-11-2-1-7-17-11/h3,6,8,11-12,17H,1-2,4-5,7,9H2. The molecule has 1 aromatic rings. The minimum atomic E-state index is -3.78. The van der Waals surface area contributed by atoms with Gasteiger partial charge < -0.3 is 5.32 Å². The summed E-state index contributed by atoms with van der Waals surface area (Å²) in [5.41, 5.74) is 0. The molecule has 0 aromatic heterocycles. The van der Waals surface area contributed by atoms with Crippen molar-refractivity contribution < 1.29 is 12.8 Å². The summed E-state index contributed by atoms with van der Waals surface area (Å²) in [6, 6.07) is 4.31. The molecule has 2 aliphatic rings. The zero-order valence-corrected chi connectivity index (χ0v) is 14.0. The lowest BCUT2D eigenvalue weighted by atomic mass is 10.2. The Labute approximate surface area is 132 Å². The molecule has 0 bridgehead atoms. The fraction of sp³-hybridized carbons (Fsp3) is 0.571. The van der Waals surface area contributed by atoms with Crippen molar-refractivity contribution in [2.24, 2.45) is 0 Å². The average molecular weight is 377 g/mol.